The molecule has 17 N–H and O–H groups in total. The molecule has 26 heteroatoms. The standard InChI is InChI=1S/C40H65N11O13S2/c1-20(2)14-27(35(58)44-16-32(55)46-29(17-52)39(62)51-30(19-66)40(63)64)50-37(60)25(6-4-5-13-41)48-38(61)28(15-22-7-9-23(53)10-8-22)49-33(56)21(3)45-36(59)26(11-12-31(43)54)47-34(57)24(42)18-65/h7-10,20-21,24-30,52-53,65-66H,4-6,11-19,41-42H2,1-3H3,(H2,43,54)(H,44,58)(H,45,59)(H,46,55)(H,47,57)(H,48,61)(H,49,56)(H,50,60)(H,51,62)(H,63,64)/t21-,24-,25-,26-,27-,28-,29-,30-/m0/s1. The van der Waals surface area contributed by atoms with Gasteiger partial charge in [0.1, 0.15) is 48.0 Å². The molecule has 0 saturated heterocycles. The number of nitrogens with two attached hydrogens (primary N) is 3. The molecule has 0 saturated carbocycles. The van der Waals surface area contributed by atoms with Crippen LogP contribution in [0.2, 0.25) is 0 Å². The van der Waals surface area contributed by atoms with Crippen molar-refractivity contribution < 1.29 is 63.3 Å². The number of aromatic hydroxyl groups is 1. The predicted molar refractivity (Wildman–Crippen MR) is 245 cm³/mol. The third-order valence-corrected chi connectivity index (χ3v) is 10.3. The highest BCUT2D eigenvalue weighted by Gasteiger charge is 2.33. The number of benzene rings is 1. The van der Waals surface area contributed by atoms with Crippen LogP contribution in [-0.4, -0.2) is 154 Å². The van der Waals surface area contributed by atoms with Crippen molar-refractivity contribution >= 4 is 84.4 Å². The molecule has 0 unspecified atom stereocenters. The molecule has 370 valence electrons. The van der Waals surface area contributed by atoms with Crippen LogP contribution in [0.15, 0.2) is 24.3 Å². The van der Waals surface area contributed by atoms with Gasteiger partial charge in [0.25, 0.3) is 0 Å². The van der Waals surface area contributed by atoms with E-state index in [1.165, 1.54) is 31.2 Å². The number of carboxylic acids is 1. The first-order valence-corrected chi connectivity index (χ1v) is 22.3. The normalized spacial score (nSPS) is 14.6. The lowest BCUT2D eigenvalue weighted by Crippen LogP contribution is -2.59. The Bertz CT molecular complexity index is 1830. The van der Waals surface area contributed by atoms with E-state index < -0.39 is 121 Å². The van der Waals surface area contributed by atoms with Crippen LogP contribution >= 0.6 is 25.3 Å². The second-order valence-corrected chi connectivity index (χ2v) is 16.4. The van der Waals surface area contributed by atoms with Crippen molar-refractivity contribution in [2.24, 2.45) is 23.1 Å². The number of unbranched alkanes of at least 4 members (excludes halogenated alkanes) is 1. The Morgan fingerprint density at radius 2 is 1.17 bits per heavy atom. The van der Waals surface area contributed by atoms with E-state index in [1.54, 1.807) is 13.8 Å². The maximum Gasteiger partial charge on any atom is 0.327 e. The van der Waals surface area contributed by atoms with E-state index in [0.717, 1.165) is 0 Å². The zero-order valence-corrected chi connectivity index (χ0v) is 38.8. The minimum Gasteiger partial charge on any atom is -0.508 e. The fourth-order valence-electron chi connectivity index (χ4n) is 5.87. The van der Waals surface area contributed by atoms with Crippen molar-refractivity contribution in [3.8, 4) is 5.75 Å². The molecule has 0 aromatic heterocycles. The Morgan fingerprint density at radius 1 is 0.636 bits per heavy atom. The van der Waals surface area contributed by atoms with Gasteiger partial charge in [-0.3, -0.25) is 43.2 Å². The summed E-state index contributed by atoms with van der Waals surface area (Å²) in [5.74, 6) is -9.68. The molecule has 1 rings (SSSR count). The number of primary amides is 1. The van der Waals surface area contributed by atoms with Crippen LogP contribution in [0.4, 0.5) is 0 Å². The Morgan fingerprint density at radius 3 is 1.71 bits per heavy atom. The molecule has 0 bridgehead atoms. The summed E-state index contributed by atoms with van der Waals surface area (Å²) in [6.45, 7) is 3.44. The van der Waals surface area contributed by atoms with Gasteiger partial charge in [-0.1, -0.05) is 26.0 Å². The first-order chi connectivity index (χ1) is 31.1. The molecule has 1 aromatic rings. The summed E-state index contributed by atoms with van der Waals surface area (Å²) in [7, 11) is 0. The average Bonchev–Trinajstić information content (AvgIpc) is 3.26. The smallest absolute Gasteiger partial charge is 0.327 e. The van der Waals surface area contributed by atoms with Crippen molar-refractivity contribution in [3.05, 3.63) is 29.8 Å². The molecule has 0 fully saturated rings. The molecule has 1 aromatic carbocycles. The van der Waals surface area contributed by atoms with Gasteiger partial charge >= 0.3 is 5.97 Å². The fourth-order valence-corrected chi connectivity index (χ4v) is 6.28. The molecule has 0 heterocycles. The van der Waals surface area contributed by atoms with Gasteiger partial charge in [0.2, 0.25) is 53.2 Å². The lowest BCUT2D eigenvalue weighted by atomic mass is 10.0. The van der Waals surface area contributed by atoms with E-state index in [1.807, 2.05) is 0 Å². The number of amides is 9. The molecule has 0 aliphatic heterocycles. The van der Waals surface area contributed by atoms with Gasteiger partial charge < -0.3 is 75.1 Å². The molecule has 0 radical (unpaired) electrons. The third-order valence-electron chi connectivity index (χ3n) is 9.58. The van der Waals surface area contributed by atoms with E-state index in [4.69, 9.17) is 17.2 Å². The van der Waals surface area contributed by atoms with Crippen molar-refractivity contribution in [1.29, 1.82) is 0 Å². The molecule has 9 amide bonds. The van der Waals surface area contributed by atoms with Gasteiger partial charge in [-0.25, -0.2) is 4.79 Å². The number of carbonyl (C=O) groups excluding carboxylic acids is 9. The summed E-state index contributed by atoms with van der Waals surface area (Å²) < 4.78 is 0. The number of rotatable bonds is 31. The summed E-state index contributed by atoms with van der Waals surface area (Å²) in [5.41, 5.74) is 17.1. The van der Waals surface area contributed by atoms with Crippen molar-refractivity contribution in [1.82, 2.24) is 42.5 Å². The van der Waals surface area contributed by atoms with E-state index >= 15 is 0 Å². The van der Waals surface area contributed by atoms with Gasteiger partial charge in [0.15, 0.2) is 0 Å². The molecule has 66 heavy (non-hydrogen) atoms. The number of carbonyl (C=O) groups is 10. The van der Waals surface area contributed by atoms with Crippen molar-refractivity contribution in [3.63, 3.8) is 0 Å². The van der Waals surface area contributed by atoms with Crippen molar-refractivity contribution in [2.45, 2.75) is 114 Å². The van der Waals surface area contributed by atoms with Crippen LogP contribution in [0, 0.1) is 5.92 Å². The monoisotopic (exact) mass is 971 g/mol. The molecule has 0 aliphatic carbocycles. The summed E-state index contributed by atoms with van der Waals surface area (Å²) in [5, 5.41) is 48.0. The van der Waals surface area contributed by atoms with Crippen molar-refractivity contribution in [2.75, 3.05) is 31.2 Å². The van der Waals surface area contributed by atoms with Crippen LogP contribution in [0.25, 0.3) is 0 Å². The number of aliphatic carboxylic acids is 1. The quantitative estimate of drug-likeness (QED) is 0.0245. The highest BCUT2D eigenvalue weighted by molar-refractivity contribution is 7.80. The van der Waals surface area contributed by atoms with Gasteiger partial charge in [-0.2, -0.15) is 25.3 Å². The molecular formula is C40H65N11O13S2. The number of hydrogen-bond acceptors (Lipinski definition) is 16. The fraction of sp³-hybridized carbons (Fsp3) is 0.600. The predicted octanol–water partition coefficient (Wildman–Crippen LogP) is -4.83. The van der Waals surface area contributed by atoms with Crippen LogP contribution < -0.4 is 59.7 Å². The second-order valence-electron chi connectivity index (χ2n) is 15.7. The highest BCUT2D eigenvalue weighted by atomic mass is 32.1. The molecular weight excluding hydrogens is 907 g/mol. The van der Waals surface area contributed by atoms with E-state index in [9.17, 15) is 63.3 Å². The average molecular weight is 972 g/mol. The Hall–Kier alpha value is -5.70. The lowest BCUT2D eigenvalue weighted by Gasteiger charge is -2.27. The Kier molecular flexibility index (Phi) is 26.9. The lowest BCUT2D eigenvalue weighted by molar-refractivity contribution is -0.141. The minimum absolute atomic E-state index is 0.0232. The van der Waals surface area contributed by atoms with Crippen LogP contribution in [0.1, 0.15) is 64.9 Å². The van der Waals surface area contributed by atoms with Gasteiger partial charge in [-0.05, 0) is 69.2 Å². The van der Waals surface area contributed by atoms with Gasteiger partial charge in [-0.15, -0.1) is 0 Å². The Balaban J connectivity index is 3.31. The number of nitrogens with one attached hydrogen (secondary N) is 8. The summed E-state index contributed by atoms with van der Waals surface area (Å²) in [6.07, 6.45) is 0.154. The Labute approximate surface area is 393 Å². The molecule has 24 nitrogen and oxygen atoms in total. The third kappa shape index (κ3) is 22.0. The van der Waals surface area contributed by atoms with Gasteiger partial charge in [0, 0.05) is 24.3 Å². The van der Waals surface area contributed by atoms with Crippen LogP contribution in [-0.2, 0) is 54.4 Å². The van der Waals surface area contributed by atoms with E-state index in [2.05, 4.69) is 67.8 Å². The maximum absolute atomic E-state index is 14.1. The number of phenols is 1. The molecule has 8 atom stereocenters. The first kappa shape index (κ1) is 58.3. The molecule has 0 spiro atoms. The first-order valence-electron chi connectivity index (χ1n) is 21.0. The highest BCUT2D eigenvalue weighted by Crippen LogP contribution is 2.13. The van der Waals surface area contributed by atoms with Crippen LogP contribution in [0.5, 0.6) is 5.75 Å². The topological polar surface area (TPSA) is 406 Å². The number of phenolic OH excluding ortho intramolecular Hbond substituents is 1. The maximum atomic E-state index is 14.1. The van der Waals surface area contributed by atoms with E-state index in [-0.39, 0.29) is 61.8 Å². The summed E-state index contributed by atoms with van der Waals surface area (Å²) in [4.78, 5) is 129. The number of carboxylic acid groups (broad SMARTS) is 1. The minimum atomic E-state index is -1.57. The van der Waals surface area contributed by atoms with E-state index in [0.29, 0.717) is 18.4 Å². The zero-order chi connectivity index (χ0) is 50.1. The number of thiol groups is 2. The van der Waals surface area contributed by atoms with Crippen LogP contribution in [0.3, 0.4) is 0 Å². The number of aliphatic hydroxyl groups excluding tert-OH is 1. The SMILES string of the molecule is CC(C)C[C@H](NC(=O)[C@H](CCCCN)NC(=O)[C@H](Cc1ccc(O)cc1)NC(=O)[C@H](C)NC(=O)[C@H](CCC(N)=O)NC(=O)[C@@H](N)CS)C(=O)NCC(=O)N[C@@H](CO)C(=O)N[C@@H](CS)C(=O)O. The zero-order valence-electron chi connectivity index (χ0n) is 37.0. The molecule has 0 aliphatic rings. The summed E-state index contributed by atoms with van der Waals surface area (Å²) in [6, 6.07) is -5.02. The summed E-state index contributed by atoms with van der Waals surface area (Å²) >= 11 is 7.82. The largest absolute Gasteiger partial charge is 0.508 e. The second kappa shape index (κ2) is 30.5. The number of hydrogen-bond donors (Lipinski definition) is 16. The number of aliphatic hydroxyl groups is 1. The van der Waals surface area contributed by atoms with Gasteiger partial charge in [0.05, 0.1) is 19.2 Å².